The largest absolute Gasteiger partial charge is 0.450 e. The van der Waals surface area contributed by atoms with Gasteiger partial charge in [-0.1, -0.05) is 28.9 Å². The van der Waals surface area contributed by atoms with Gasteiger partial charge in [0.05, 0.1) is 32.8 Å². The zero-order chi connectivity index (χ0) is 16.9. The zero-order valence-corrected chi connectivity index (χ0v) is 14.1. The quantitative estimate of drug-likeness (QED) is 0.901. The summed E-state index contributed by atoms with van der Waals surface area (Å²) in [6, 6.07) is 8.05. The van der Waals surface area contributed by atoms with E-state index in [9.17, 15) is 4.79 Å². The van der Waals surface area contributed by atoms with Gasteiger partial charge in [-0.05, 0) is 19.9 Å². The Labute approximate surface area is 141 Å². The van der Waals surface area contributed by atoms with E-state index in [0.29, 0.717) is 38.0 Å². The number of benzene rings is 1. The topological polar surface area (TPSA) is 72.9 Å². The molecule has 1 aliphatic heterocycles. The number of ether oxygens (including phenoxy) is 1. The Bertz CT molecular complexity index is 693. The fourth-order valence-corrected chi connectivity index (χ4v) is 2.84. The molecule has 24 heavy (non-hydrogen) atoms. The Morgan fingerprint density at radius 2 is 2.17 bits per heavy atom. The minimum Gasteiger partial charge on any atom is -0.450 e. The number of quaternary nitrogens is 1. The predicted molar refractivity (Wildman–Crippen MR) is 87.5 cm³/mol. The van der Waals surface area contributed by atoms with Crippen LogP contribution in [0.4, 0.5) is 4.79 Å². The summed E-state index contributed by atoms with van der Waals surface area (Å²) >= 11 is 0. The summed E-state index contributed by atoms with van der Waals surface area (Å²) in [5.74, 6) is 1.25. The molecule has 0 unspecified atom stereocenters. The lowest BCUT2D eigenvalue weighted by molar-refractivity contribution is -0.919. The second-order valence-electron chi connectivity index (χ2n) is 5.99. The van der Waals surface area contributed by atoms with Crippen molar-refractivity contribution >= 4 is 6.09 Å². The van der Waals surface area contributed by atoms with Gasteiger partial charge in [0, 0.05) is 5.56 Å². The number of amides is 1. The third-order valence-electron chi connectivity index (χ3n) is 4.14. The first-order valence-electron chi connectivity index (χ1n) is 8.30. The van der Waals surface area contributed by atoms with Crippen molar-refractivity contribution in [2.75, 3.05) is 32.8 Å². The standard InChI is InChI=1S/C17H22N4O3/c1-3-23-17(22)21-9-7-20(8-10-21)12-15-18-16(19-24-15)14-6-4-5-13(2)11-14/h4-6,11H,3,7-10,12H2,1-2H3/p+1. The predicted octanol–water partition coefficient (Wildman–Crippen LogP) is 0.902. The molecule has 0 spiro atoms. The molecule has 1 fully saturated rings. The van der Waals surface area contributed by atoms with E-state index in [0.717, 1.165) is 18.7 Å². The normalized spacial score (nSPS) is 15.5. The third-order valence-corrected chi connectivity index (χ3v) is 4.14. The minimum absolute atomic E-state index is 0.226. The van der Waals surface area contributed by atoms with Crippen LogP contribution in [0.3, 0.4) is 0 Å². The zero-order valence-electron chi connectivity index (χ0n) is 14.1. The fourth-order valence-electron chi connectivity index (χ4n) is 2.84. The van der Waals surface area contributed by atoms with E-state index in [1.165, 1.54) is 10.5 Å². The van der Waals surface area contributed by atoms with Gasteiger partial charge in [0.15, 0.2) is 6.54 Å². The van der Waals surface area contributed by atoms with Crippen molar-refractivity contribution in [1.29, 1.82) is 0 Å². The fraction of sp³-hybridized carbons (Fsp3) is 0.471. The summed E-state index contributed by atoms with van der Waals surface area (Å²) in [4.78, 5) is 19.3. The molecule has 3 rings (SSSR count). The van der Waals surface area contributed by atoms with Gasteiger partial charge in [-0.3, -0.25) is 4.90 Å². The molecule has 1 saturated heterocycles. The van der Waals surface area contributed by atoms with Crippen molar-refractivity contribution in [3.05, 3.63) is 35.7 Å². The van der Waals surface area contributed by atoms with Crippen molar-refractivity contribution in [2.45, 2.75) is 20.4 Å². The van der Waals surface area contributed by atoms with Gasteiger partial charge in [-0.25, -0.2) is 4.79 Å². The summed E-state index contributed by atoms with van der Waals surface area (Å²) in [7, 11) is 0. The summed E-state index contributed by atoms with van der Waals surface area (Å²) < 4.78 is 10.4. The van der Waals surface area contributed by atoms with Gasteiger partial charge in [0.25, 0.3) is 5.89 Å². The van der Waals surface area contributed by atoms with E-state index >= 15 is 0 Å². The van der Waals surface area contributed by atoms with E-state index < -0.39 is 0 Å². The number of hydrogen-bond acceptors (Lipinski definition) is 5. The van der Waals surface area contributed by atoms with Crippen molar-refractivity contribution in [3.63, 3.8) is 0 Å². The van der Waals surface area contributed by atoms with E-state index in [1.807, 2.05) is 38.1 Å². The van der Waals surface area contributed by atoms with Gasteiger partial charge in [-0.2, -0.15) is 4.98 Å². The molecule has 2 aromatic rings. The monoisotopic (exact) mass is 331 g/mol. The molecule has 0 atom stereocenters. The average Bonchev–Trinajstić information content (AvgIpc) is 3.04. The average molecular weight is 331 g/mol. The molecule has 128 valence electrons. The van der Waals surface area contributed by atoms with E-state index in [2.05, 4.69) is 10.1 Å². The summed E-state index contributed by atoms with van der Waals surface area (Å²) in [6.45, 7) is 8.02. The summed E-state index contributed by atoms with van der Waals surface area (Å²) in [5.41, 5.74) is 2.13. The molecule has 1 aromatic carbocycles. The highest BCUT2D eigenvalue weighted by Gasteiger charge is 2.26. The lowest BCUT2D eigenvalue weighted by Gasteiger charge is -2.30. The maximum Gasteiger partial charge on any atom is 0.410 e. The minimum atomic E-state index is -0.226. The molecule has 2 heterocycles. The van der Waals surface area contributed by atoms with Gasteiger partial charge in [0.2, 0.25) is 5.82 Å². The second-order valence-corrected chi connectivity index (χ2v) is 5.99. The molecule has 1 amide bonds. The molecule has 7 nitrogen and oxygen atoms in total. The van der Waals surface area contributed by atoms with Crippen LogP contribution < -0.4 is 4.90 Å². The number of nitrogens with one attached hydrogen (secondary N) is 1. The number of piperazine rings is 1. The van der Waals surface area contributed by atoms with Gasteiger partial charge < -0.3 is 14.2 Å². The Morgan fingerprint density at radius 1 is 1.38 bits per heavy atom. The number of rotatable bonds is 4. The molecule has 7 heteroatoms. The number of aromatic nitrogens is 2. The number of hydrogen-bond donors (Lipinski definition) is 1. The lowest BCUT2D eigenvalue weighted by atomic mass is 10.1. The Hall–Kier alpha value is -2.41. The summed E-state index contributed by atoms with van der Waals surface area (Å²) in [6.07, 6.45) is -0.226. The highest BCUT2D eigenvalue weighted by Crippen LogP contribution is 2.16. The van der Waals surface area contributed by atoms with E-state index in [-0.39, 0.29) is 6.09 Å². The van der Waals surface area contributed by atoms with E-state index in [1.54, 1.807) is 4.90 Å². The van der Waals surface area contributed by atoms with Crippen LogP contribution in [0.15, 0.2) is 28.8 Å². The number of aryl methyl sites for hydroxylation is 1. The van der Waals surface area contributed by atoms with Crippen LogP contribution in [0.5, 0.6) is 0 Å². The highest BCUT2D eigenvalue weighted by molar-refractivity contribution is 5.67. The molecule has 1 aliphatic rings. The molecule has 1 N–H and O–H groups in total. The van der Waals surface area contributed by atoms with E-state index in [4.69, 9.17) is 9.26 Å². The molecule has 0 bridgehead atoms. The van der Waals surface area contributed by atoms with Crippen molar-refractivity contribution < 1.29 is 19.0 Å². The lowest BCUT2D eigenvalue weighted by Crippen LogP contribution is -3.13. The maximum absolute atomic E-state index is 11.7. The Balaban J connectivity index is 1.56. The first kappa shape index (κ1) is 16.4. The molecular weight excluding hydrogens is 308 g/mol. The second kappa shape index (κ2) is 7.44. The third kappa shape index (κ3) is 3.91. The first-order chi connectivity index (χ1) is 11.7. The molecular formula is C17H23N4O3+. The molecule has 0 saturated carbocycles. The first-order valence-corrected chi connectivity index (χ1v) is 8.30. The van der Waals surface area contributed by atoms with Crippen molar-refractivity contribution in [2.24, 2.45) is 0 Å². The Kier molecular flexibility index (Phi) is 5.10. The number of nitrogens with zero attached hydrogens (tertiary/aromatic N) is 3. The highest BCUT2D eigenvalue weighted by atomic mass is 16.6. The van der Waals surface area contributed by atoms with Crippen LogP contribution in [0.2, 0.25) is 0 Å². The molecule has 1 aromatic heterocycles. The van der Waals surface area contributed by atoms with Gasteiger partial charge >= 0.3 is 6.09 Å². The van der Waals surface area contributed by atoms with Crippen LogP contribution in [-0.2, 0) is 11.3 Å². The molecule has 0 radical (unpaired) electrons. The SMILES string of the molecule is CCOC(=O)N1CC[NH+](Cc2nc(-c3cccc(C)c3)no2)CC1. The number of carbonyl (C=O) groups is 1. The van der Waals surface area contributed by atoms with Crippen LogP contribution >= 0.6 is 0 Å². The Morgan fingerprint density at radius 3 is 2.88 bits per heavy atom. The van der Waals surface area contributed by atoms with Crippen molar-refractivity contribution in [1.82, 2.24) is 15.0 Å². The van der Waals surface area contributed by atoms with Crippen LogP contribution in [-0.4, -0.2) is 53.9 Å². The number of carbonyl (C=O) groups excluding carboxylic acids is 1. The summed E-state index contributed by atoms with van der Waals surface area (Å²) in [5, 5.41) is 4.08. The van der Waals surface area contributed by atoms with Crippen LogP contribution in [0.25, 0.3) is 11.4 Å². The van der Waals surface area contributed by atoms with Gasteiger partial charge in [0.1, 0.15) is 0 Å². The van der Waals surface area contributed by atoms with Crippen LogP contribution in [0, 0.1) is 6.92 Å². The van der Waals surface area contributed by atoms with Crippen LogP contribution in [0.1, 0.15) is 18.4 Å². The maximum atomic E-state index is 11.7. The molecule has 0 aliphatic carbocycles. The van der Waals surface area contributed by atoms with Crippen molar-refractivity contribution in [3.8, 4) is 11.4 Å². The van der Waals surface area contributed by atoms with Gasteiger partial charge in [-0.15, -0.1) is 0 Å². The smallest absolute Gasteiger partial charge is 0.410 e.